The Hall–Kier alpha value is -0.710. The van der Waals surface area contributed by atoms with E-state index in [1.165, 1.54) is 64.2 Å². The van der Waals surface area contributed by atoms with Crippen LogP contribution in [0.2, 0.25) is 0 Å². The number of unbranched alkanes of at least 4 members (excludes halogenated alkanes) is 10. The topological polar surface area (TPSA) is 58.2 Å². The normalized spacial score (nSPS) is 10.7. The van der Waals surface area contributed by atoms with Crippen LogP contribution in [0.5, 0.6) is 0 Å². The molecule has 160 valence electrons. The van der Waals surface area contributed by atoms with E-state index in [4.69, 9.17) is 0 Å². The minimum absolute atomic E-state index is 0.142. The minimum atomic E-state index is 0.142. The first-order valence-electron chi connectivity index (χ1n) is 11.3. The molecule has 0 saturated carbocycles. The fourth-order valence-corrected chi connectivity index (χ4v) is 3.74. The van der Waals surface area contributed by atoms with Crippen molar-refractivity contribution in [3.63, 3.8) is 0 Å². The quantitative estimate of drug-likeness (QED) is 0.267. The molecule has 4 nitrogen and oxygen atoms in total. The molecule has 0 aliphatic rings. The number of carbonyl (C=O) groups is 2. The maximum atomic E-state index is 11.7. The van der Waals surface area contributed by atoms with Crippen LogP contribution in [0.1, 0.15) is 104 Å². The summed E-state index contributed by atoms with van der Waals surface area (Å²) in [6.45, 7) is 6.05. The van der Waals surface area contributed by atoms with Gasteiger partial charge in [-0.2, -0.15) is 11.8 Å². The van der Waals surface area contributed by atoms with E-state index in [9.17, 15) is 9.59 Å². The van der Waals surface area contributed by atoms with Gasteiger partial charge < -0.3 is 10.6 Å². The fraction of sp³-hybridized carbons (Fsp3) is 0.909. The highest BCUT2D eigenvalue weighted by Gasteiger charge is 2.03. The van der Waals surface area contributed by atoms with Crippen molar-refractivity contribution in [1.29, 1.82) is 0 Å². The lowest BCUT2D eigenvalue weighted by atomic mass is 10.1. The van der Waals surface area contributed by atoms with Crippen molar-refractivity contribution < 1.29 is 9.59 Å². The largest absolute Gasteiger partial charge is 0.356 e. The summed E-state index contributed by atoms with van der Waals surface area (Å²) < 4.78 is 0. The van der Waals surface area contributed by atoms with Gasteiger partial charge in [-0.05, 0) is 12.8 Å². The summed E-state index contributed by atoms with van der Waals surface area (Å²) in [7, 11) is 0. The number of carbonyl (C=O) groups excluding carboxylic acids is 2. The van der Waals surface area contributed by atoms with Crippen molar-refractivity contribution in [1.82, 2.24) is 10.6 Å². The van der Waals surface area contributed by atoms with Crippen LogP contribution in [0.25, 0.3) is 0 Å². The third kappa shape index (κ3) is 21.4. The van der Waals surface area contributed by atoms with Crippen LogP contribution in [0.3, 0.4) is 0 Å². The van der Waals surface area contributed by atoms with Crippen LogP contribution >= 0.6 is 11.8 Å². The van der Waals surface area contributed by atoms with E-state index in [-0.39, 0.29) is 11.8 Å². The molecule has 0 fully saturated rings. The lowest BCUT2D eigenvalue weighted by Gasteiger charge is -2.06. The van der Waals surface area contributed by atoms with Gasteiger partial charge in [0.25, 0.3) is 0 Å². The van der Waals surface area contributed by atoms with Gasteiger partial charge >= 0.3 is 0 Å². The van der Waals surface area contributed by atoms with Crippen LogP contribution in [-0.4, -0.2) is 36.4 Å². The third-order valence-electron chi connectivity index (χ3n) is 4.65. The second-order valence-corrected chi connectivity index (χ2v) is 8.57. The van der Waals surface area contributed by atoms with Gasteiger partial charge in [0, 0.05) is 37.4 Å². The van der Waals surface area contributed by atoms with E-state index in [2.05, 4.69) is 24.5 Å². The fourth-order valence-electron chi connectivity index (χ4n) is 2.87. The molecule has 0 heterocycles. The van der Waals surface area contributed by atoms with Gasteiger partial charge in [0.2, 0.25) is 11.8 Å². The lowest BCUT2D eigenvalue weighted by molar-refractivity contribution is -0.121. The average Bonchev–Trinajstić information content (AvgIpc) is 2.66. The molecule has 0 aromatic rings. The lowest BCUT2D eigenvalue weighted by Crippen LogP contribution is -2.25. The molecule has 0 aromatic carbocycles. The third-order valence-corrected chi connectivity index (χ3v) is 5.64. The number of hydrogen-bond acceptors (Lipinski definition) is 3. The first-order valence-corrected chi connectivity index (χ1v) is 12.5. The maximum absolute atomic E-state index is 11.7. The summed E-state index contributed by atoms with van der Waals surface area (Å²) in [6.07, 6.45) is 16.1. The molecule has 2 amide bonds. The van der Waals surface area contributed by atoms with E-state index in [1.807, 2.05) is 0 Å². The molecular weight excluding hydrogens is 356 g/mol. The van der Waals surface area contributed by atoms with E-state index in [0.717, 1.165) is 37.4 Å². The summed E-state index contributed by atoms with van der Waals surface area (Å²) in [4.78, 5) is 23.5. The van der Waals surface area contributed by atoms with E-state index >= 15 is 0 Å². The van der Waals surface area contributed by atoms with Gasteiger partial charge in [-0.25, -0.2) is 0 Å². The summed E-state index contributed by atoms with van der Waals surface area (Å²) in [5, 5.41) is 5.99. The van der Waals surface area contributed by atoms with Gasteiger partial charge in [0.05, 0.1) is 0 Å². The smallest absolute Gasteiger partial charge is 0.220 e. The van der Waals surface area contributed by atoms with Crippen LogP contribution in [0, 0.1) is 0 Å². The van der Waals surface area contributed by atoms with E-state index in [0.29, 0.717) is 12.8 Å². The van der Waals surface area contributed by atoms with Crippen molar-refractivity contribution in [3.8, 4) is 0 Å². The molecule has 0 aromatic heterocycles. The minimum Gasteiger partial charge on any atom is -0.356 e. The molecular formula is C22H44N2O2S. The van der Waals surface area contributed by atoms with Crippen LogP contribution in [0.15, 0.2) is 0 Å². The predicted molar refractivity (Wildman–Crippen MR) is 119 cm³/mol. The number of thioether (sulfide) groups is 1. The van der Waals surface area contributed by atoms with Gasteiger partial charge in [-0.15, -0.1) is 0 Å². The Bertz CT molecular complexity index is 319. The Balaban J connectivity index is 3.29. The van der Waals surface area contributed by atoms with Crippen molar-refractivity contribution in [2.75, 3.05) is 24.6 Å². The highest BCUT2D eigenvalue weighted by molar-refractivity contribution is 7.99. The Kier molecular flexibility index (Phi) is 21.0. The van der Waals surface area contributed by atoms with Crippen molar-refractivity contribution in [2.45, 2.75) is 104 Å². The zero-order valence-electron chi connectivity index (χ0n) is 18.0. The zero-order valence-corrected chi connectivity index (χ0v) is 18.8. The Morgan fingerprint density at radius 3 is 1.37 bits per heavy atom. The second kappa shape index (κ2) is 21.6. The molecule has 0 atom stereocenters. The highest BCUT2D eigenvalue weighted by Crippen LogP contribution is 2.07. The summed E-state index contributed by atoms with van der Waals surface area (Å²) in [6, 6.07) is 0. The van der Waals surface area contributed by atoms with Crippen LogP contribution in [0.4, 0.5) is 0 Å². The van der Waals surface area contributed by atoms with Crippen LogP contribution < -0.4 is 10.6 Å². The average molecular weight is 401 g/mol. The molecule has 0 aliphatic carbocycles. The van der Waals surface area contributed by atoms with E-state index in [1.54, 1.807) is 11.8 Å². The van der Waals surface area contributed by atoms with Crippen molar-refractivity contribution in [3.05, 3.63) is 0 Å². The monoisotopic (exact) mass is 400 g/mol. The van der Waals surface area contributed by atoms with Gasteiger partial charge in [-0.1, -0.05) is 78.1 Å². The zero-order chi connectivity index (χ0) is 20.0. The molecule has 5 heteroatoms. The van der Waals surface area contributed by atoms with Gasteiger partial charge in [0.15, 0.2) is 0 Å². The highest BCUT2D eigenvalue weighted by atomic mass is 32.2. The molecule has 0 saturated heterocycles. The van der Waals surface area contributed by atoms with E-state index < -0.39 is 0 Å². The molecule has 0 radical (unpaired) electrons. The molecule has 0 bridgehead atoms. The summed E-state index contributed by atoms with van der Waals surface area (Å²) in [5.74, 6) is 1.88. The number of hydrogen-bond donors (Lipinski definition) is 2. The molecule has 0 unspecified atom stereocenters. The standard InChI is InChI=1S/C22H44N2O2S/c1-3-5-7-9-11-13-17-23-21(25)15-19-27-20-16-22(26)24-18-14-12-10-8-6-4-2/h3-20H2,1-2H3,(H,23,25)(H,24,26). The summed E-state index contributed by atoms with van der Waals surface area (Å²) in [5.41, 5.74) is 0. The first-order chi connectivity index (χ1) is 13.2. The number of nitrogens with one attached hydrogen (secondary N) is 2. The Morgan fingerprint density at radius 2 is 0.963 bits per heavy atom. The van der Waals surface area contributed by atoms with Gasteiger partial charge in [0.1, 0.15) is 0 Å². The number of rotatable bonds is 20. The molecule has 0 aliphatic heterocycles. The molecule has 0 rings (SSSR count). The SMILES string of the molecule is CCCCCCCCNC(=O)CCSCCC(=O)NCCCCCCCC. The number of amides is 2. The Morgan fingerprint density at radius 1 is 0.593 bits per heavy atom. The van der Waals surface area contributed by atoms with Crippen molar-refractivity contribution >= 4 is 23.6 Å². The first kappa shape index (κ1) is 26.3. The van der Waals surface area contributed by atoms with Gasteiger partial charge in [-0.3, -0.25) is 9.59 Å². The maximum Gasteiger partial charge on any atom is 0.220 e. The molecule has 0 spiro atoms. The molecule has 2 N–H and O–H groups in total. The predicted octanol–water partition coefficient (Wildman–Crippen LogP) is 5.45. The Labute approximate surface area is 172 Å². The van der Waals surface area contributed by atoms with Crippen molar-refractivity contribution in [2.24, 2.45) is 0 Å². The second-order valence-electron chi connectivity index (χ2n) is 7.35. The van der Waals surface area contributed by atoms with Crippen LogP contribution in [-0.2, 0) is 9.59 Å². The molecule has 27 heavy (non-hydrogen) atoms. The summed E-state index contributed by atoms with van der Waals surface area (Å²) >= 11 is 1.69.